The summed E-state index contributed by atoms with van der Waals surface area (Å²) in [5.74, 6) is -2.48. The Bertz CT molecular complexity index is 1260. The highest BCUT2D eigenvalue weighted by molar-refractivity contribution is 6.39. The maximum Gasteiger partial charge on any atom is 0.329 e. The Morgan fingerprint density at radius 1 is 0.914 bits per heavy atom. The number of benzene rings is 3. The second-order valence-electron chi connectivity index (χ2n) is 7.20. The average Bonchev–Trinajstić information content (AvgIpc) is 2.85. The van der Waals surface area contributed by atoms with Crippen molar-refractivity contribution in [3.63, 3.8) is 0 Å². The van der Waals surface area contributed by atoms with Gasteiger partial charge in [-0.15, -0.1) is 0 Å². The minimum atomic E-state index is -1.07. The molecule has 35 heavy (non-hydrogen) atoms. The Morgan fingerprint density at radius 3 is 2.34 bits per heavy atom. The number of anilines is 2. The molecule has 3 N–H and O–H groups in total. The minimum Gasteiger partial charge on any atom is -0.493 e. The first-order valence-corrected chi connectivity index (χ1v) is 10.4. The molecule has 0 aliphatic heterocycles. The van der Waals surface area contributed by atoms with Crippen LogP contribution in [0.1, 0.15) is 11.1 Å². The molecule has 0 fully saturated rings. The van der Waals surface area contributed by atoms with Crippen molar-refractivity contribution in [3.05, 3.63) is 83.7 Å². The predicted octanol–water partition coefficient (Wildman–Crippen LogP) is 3.25. The largest absolute Gasteiger partial charge is 0.493 e. The zero-order valence-corrected chi connectivity index (χ0v) is 19.0. The number of methoxy groups -OCH3 is 1. The van der Waals surface area contributed by atoms with Gasteiger partial charge in [-0.25, -0.2) is 9.82 Å². The fourth-order valence-corrected chi connectivity index (χ4v) is 2.88. The van der Waals surface area contributed by atoms with Crippen LogP contribution in [-0.2, 0) is 14.4 Å². The lowest BCUT2D eigenvalue weighted by Gasteiger charge is -2.12. The van der Waals surface area contributed by atoms with E-state index in [0.29, 0.717) is 22.7 Å². The molecular formula is C25H23FN4O5. The summed E-state index contributed by atoms with van der Waals surface area (Å²) in [7, 11) is 1.44. The number of para-hydroxylation sites is 2. The van der Waals surface area contributed by atoms with Crippen LogP contribution in [0.2, 0.25) is 0 Å². The van der Waals surface area contributed by atoms with E-state index in [1.807, 2.05) is 25.1 Å². The number of hydrazone groups is 1. The van der Waals surface area contributed by atoms with Gasteiger partial charge in [-0.1, -0.05) is 30.3 Å². The number of ether oxygens (including phenoxy) is 2. The van der Waals surface area contributed by atoms with Crippen LogP contribution in [-0.4, -0.2) is 37.7 Å². The number of carbonyl (C=O) groups is 3. The maximum atomic E-state index is 13.6. The molecule has 0 atom stereocenters. The summed E-state index contributed by atoms with van der Waals surface area (Å²) in [6.45, 7) is 1.66. The van der Waals surface area contributed by atoms with Crippen LogP contribution in [0.3, 0.4) is 0 Å². The molecule has 3 rings (SSSR count). The van der Waals surface area contributed by atoms with Gasteiger partial charge >= 0.3 is 11.8 Å². The zero-order valence-electron chi connectivity index (χ0n) is 19.0. The quantitative estimate of drug-likeness (QED) is 0.261. The van der Waals surface area contributed by atoms with Gasteiger partial charge in [0.1, 0.15) is 5.82 Å². The van der Waals surface area contributed by atoms with Crippen LogP contribution in [0, 0.1) is 12.7 Å². The molecule has 0 aliphatic rings. The summed E-state index contributed by atoms with van der Waals surface area (Å²) in [5, 5.41) is 8.65. The standard InChI is InChI=1S/C25H23FN4O5/c1-16-7-3-5-9-19(16)28-23(31)15-35-21-12-11-17(13-22(21)34-2)14-27-30-25(33)24(32)29-20-10-6-4-8-18(20)26/h3-14H,15H2,1-2H3,(H,28,31)(H,29,32)(H,30,33)/b27-14-. The summed E-state index contributed by atoms with van der Waals surface area (Å²) in [4.78, 5) is 36.0. The fourth-order valence-electron chi connectivity index (χ4n) is 2.88. The van der Waals surface area contributed by atoms with E-state index in [-0.39, 0.29) is 18.2 Å². The van der Waals surface area contributed by atoms with Gasteiger partial charge in [-0.3, -0.25) is 14.4 Å². The van der Waals surface area contributed by atoms with Gasteiger partial charge in [0.15, 0.2) is 18.1 Å². The second-order valence-corrected chi connectivity index (χ2v) is 7.20. The number of aryl methyl sites for hydroxylation is 1. The van der Waals surface area contributed by atoms with Crippen molar-refractivity contribution >= 4 is 35.3 Å². The van der Waals surface area contributed by atoms with Gasteiger partial charge in [-0.2, -0.15) is 5.10 Å². The Balaban J connectivity index is 1.54. The third-order valence-electron chi connectivity index (χ3n) is 4.67. The first-order chi connectivity index (χ1) is 16.9. The number of amides is 3. The van der Waals surface area contributed by atoms with Crippen molar-refractivity contribution in [2.24, 2.45) is 5.10 Å². The molecule has 180 valence electrons. The average molecular weight is 478 g/mol. The lowest BCUT2D eigenvalue weighted by atomic mass is 10.2. The Morgan fingerprint density at radius 2 is 1.63 bits per heavy atom. The number of halogens is 1. The highest BCUT2D eigenvalue weighted by atomic mass is 19.1. The van der Waals surface area contributed by atoms with Gasteiger partial charge in [0.2, 0.25) is 0 Å². The van der Waals surface area contributed by atoms with Gasteiger partial charge in [0, 0.05) is 5.69 Å². The molecule has 0 aromatic heterocycles. The molecule has 0 radical (unpaired) electrons. The lowest BCUT2D eigenvalue weighted by molar-refractivity contribution is -0.136. The Kier molecular flexibility index (Phi) is 8.49. The monoisotopic (exact) mass is 478 g/mol. The van der Waals surface area contributed by atoms with Crippen molar-refractivity contribution < 1.29 is 28.2 Å². The SMILES string of the molecule is COc1cc(/C=N\NC(=O)C(=O)Nc2ccccc2F)ccc1OCC(=O)Nc1ccccc1C. The molecular weight excluding hydrogens is 455 g/mol. The van der Waals surface area contributed by atoms with Crippen molar-refractivity contribution in [2.45, 2.75) is 6.92 Å². The van der Waals surface area contributed by atoms with Crippen LogP contribution in [0.5, 0.6) is 11.5 Å². The van der Waals surface area contributed by atoms with Crippen LogP contribution in [0.15, 0.2) is 71.8 Å². The number of carbonyl (C=O) groups excluding carboxylic acids is 3. The third-order valence-corrected chi connectivity index (χ3v) is 4.67. The first-order valence-electron chi connectivity index (χ1n) is 10.4. The Labute approximate surface area is 200 Å². The van der Waals surface area contributed by atoms with Crippen molar-refractivity contribution in [1.29, 1.82) is 0 Å². The van der Waals surface area contributed by atoms with E-state index in [1.165, 1.54) is 31.5 Å². The zero-order chi connectivity index (χ0) is 25.2. The summed E-state index contributed by atoms with van der Waals surface area (Å²) in [5.41, 5.74) is 4.09. The number of nitrogens with zero attached hydrogens (tertiary/aromatic N) is 1. The van der Waals surface area contributed by atoms with E-state index >= 15 is 0 Å². The lowest BCUT2D eigenvalue weighted by Crippen LogP contribution is -2.32. The maximum absolute atomic E-state index is 13.6. The number of nitrogens with one attached hydrogen (secondary N) is 3. The number of rotatable bonds is 8. The molecule has 0 bridgehead atoms. The van der Waals surface area contributed by atoms with Crippen LogP contribution in [0.25, 0.3) is 0 Å². The Hall–Kier alpha value is -4.73. The normalized spacial score (nSPS) is 10.5. The van der Waals surface area contributed by atoms with Crippen molar-refractivity contribution in [3.8, 4) is 11.5 Å². The van der Waals surface area contributed by atoms with E-state index in [2.05, 4.69) is 21.2 Å². The molecule has 0 heterocycles. The summed E-state index contributed by atoms with van der Waals surface area (Å²) >= 11 is 0. The van der Waals surface area contributed by atoms with Gasteiger partial charge in [-0.05, 0) is 54.4 Å². The topological polar surface area (TPSA) is 118 Å². The highest BCUT2D eigenvalue weighted by Crippen LogP contribution is 2.27. The first kappa shape index (κ1) is 24.9. The third kappa shape index (κ3) is 7.13. The van der Waals surface area contributed by atoms with Crippen LogP contribution >= 0.6 is 0 Å². The van der Waals surface area contributed by atoms with E-state index in [9.17, 15) is 18.8 Å². The van der Waals surface area contributed by atoms with Crippen molar-refractivity contribution in [1.82, 2.24) is 5.43 Å². The van der Waals surface area contributed by atoms with E-state index in [4.69, 9.17) is 9.47 Å². The van der Waals surface area contributed by atoms with Crippen LogP contribution in [0.4, 0.5) is 15.8 Å². The van der Waals surface area contributed by atoms with E-state index < -0.39 is 17.6 Å². The predicted molar refractivity (Wildman–Crippen MR) is 129 cm³/mol. The molecule has 10 heteroatoms. The van der Waals surface area contributed by atoms with Gasteiger partial charge in [0.25, 0.3) is 5.91 Å². The molecule has 0 unspecified atom stereocenters. The summed E-state index contributed by atoms with van der Waals surface area (Å²) in [6, 6.07) is 17.6. The molecule has 3 amide bonds. The van der Waals surface area contributed by atoms with Crippen LogP contribution < -0.4 is 25.5 Å². The molecule has 9 nitrogen and oxygen atoms in total. The van der Waals surface area contributed by atoms with Gasteiger partial charge in [0.05, 0.1) is 19.0 Å². The second kappa shape index (κ2) is 11.9. The molecule has 0 saturated heterocycles. The molecule has 3 aromatic rings. The summed E-state index contributed by atoms with van der Waals surface area (Å²) in [6.07, 6.45) is 1.28. The van der Waals surface area contributed by atoms with Gasteiger partial charge < -0.3 is 20.1 Å². The highest BCUT2D eigenvalue weighted by Gasteiger charge is 2.15. The molecule has 0 aliphatic carbocycles. The fraction of sp³-hybridized carbons (Fsp3) is 0.120. The van der Waals surface area contributed by atoms with E-state index in [1.54, 1.807) is 24.3 Å². The number of hydrogen-bond donors (Lipinski definition) is 3. The summed E-state index contributed by atoms with van der Waals surface area (Å²) < 4.78 is 24.4. The minimum absolute atomic E-state index is 0.121. The molecule has 0 saturated carbocycles. The molecule has 3 aromatic carbocycles. The number of hydrogen-bond acceptors (Lipinski definition) is 6. The molecule has 0 spiro atoms. The van der Waals surface area contributed by atoms with E-state index in [0.717, 1.165) is 11.6 Å². The van der Waals surface area contributed by atoms with Crippen molar-refractivity contribution in [2.75, 3.05) is 24.4 Å². The smallest absolute Gasteiger partial charge is 0.329 e.